The van der Waals surface area contributed by atoms with Crippen LogP contribution in [0.15, 0.2) is 60.7 Å². The Labute approximate surface area is 145 Å². The monoisotopic (exact) mass is 329 g/mol. The first kappa shape index (κ1) is 15.4. The minimum absolute atomic E-state index is 0.647. The fourth-order valence-electron chi connectivity index (χ4n) is 2.94. The number of anilines is 2. The van der Waals surface area contributed by atoms with Gasteiger partial charge in [0.1, 0.15) is 0 Å². The second-order valence-electron chi connectivity index (χ2n) is 6.05. The molecule has 4 rings (SSSR count). The number of aromatic nitrogens is 2. The van der Waals surface area contributed by atoms with Gasteiger partial charge in [-0.05, 0) is 24.3 Å². The molecule has 2 heterocycles. The largest absolute Gasteiger partial charge is 0.397 e. The van der Waals surface area contributed by atoms with E-state index in [4.69, 9.17) is 11.5 Å². The van der Waals surface area contributed by atoms with E-state index >= 15 is 0 Å². The van der Waals surface area contributed by atoms with Crippen LogP contribution in [0.1, 0.15) is 11.4 Å². The zero-order valence-electron chi connectivity index (χ0n) is 13.7. The van der Waals surface area contributed by atoms with Crippen molar-refractivity contribution < 1.29 is 0 Å². The smallest absolute Gasteiger partial charge is 0.0935 e. The minimum atomic E-state index is 0.647. The molecule has 0 aliphatic carbocycles. The molecule has 0 saturated carbocycles. The van der Waals surface area contributed by atoms with Crippen LogP contribution in [0, 0.1) is 0 Å². The van der Waals surface area contributed by atoms with Crippen molar-refractivity contribution in [1.29, 1.82) is 0 Å². The van der Waals surface area contributed by atoms with E-state index in [1.807, 2.05) is 60.7 Å². The molecule has 25 heavy (non-hydrogen) atoms. The Hall–Kier alpha value is -3.18. The summed E-state index contributed by atoms with van der Waals surface area (Å²) in [5.41, 5.74) is 17.0. The molecule has 0 fully saturated rings. The maximum Gasteiger partial charge on any atom is 0.0935 e. The van der Waals surface area contributed by atoms with Crippen LogP contribution in [0.5, 0.6) is 0 Å². The molecule has 124 valence electrons. The van der Waals surface area contributed by atoms with Gasteiger partial charge in [-0.1, -0.05) is 36.4 Å². The average Bonchev–Trinajstić information content (AvgIpc) is 2.63. The van der Waals surface area contributed by atoms with Crippen LogP contribution in [0.4, 0.5) is 11.4 Å². The van der Waals surface area contributed by atoms with Crippen LogP contribution in [-0.2, 0) is 13.1 Å². The first-order chi connectivity index (χ1) is 12.2. The summed E-state index contributed by atoms with van der Waals surface area (Å²) in [6, 6.07) is 19.8. The Morgan fingerprint density at radius 3 is 1.60 bits per heavy atom. The Morgan fingerprint density at radius 1 is 0.640 bits per heavy atom. The highest BCUT2D eigenvalue weighted by Crippen LogP contribution is 2.20. The van der Waals surface area contributed by atoms with Crippen molar-refractivity contribution in [2.75, 3.05) is 11.5 Å². The first-order valence-electron chi connectivity index (χ1n) is 8.20. The van der Waals surface area contributed by atoms with E-state index in [1.165, 1.54) is 0 Å². The molecule has 5 N–H and O–H groups in total. The molecule has 0 radical (unpaired) electrons. The first-order valence-corrected chi connectivity index (χ1v) is 8.20. The summed E-state index contributed by atoms with van der Waals surface area (Å²) >= 11 is 0. The topological polar surface area (TPSA) is 89.8 Å². The van der Waals surface area contributed by atoms with Crippen molar-refractivity contribution >= 4 is 33.2 Å². The lowest BCUT2D eigenvalue weighted by Crippen LogP contribution is -2.14. The number of nitrogen functional groups attached to an aromatic ring is 2. The van der Waals surface area contributed by atoms with E-state index < -0.39 is 0 Å². The summed E-state index contributed by atoms with van der Waals surface area (Å²) in [5.74, 6) is 0. The summed E-state index contributed by atoms with van der Waals surface area (Å²) in [7, 11) is 0. The van der Waals surface area contributed by atoms with Crippen molar-refractivity contribution in [2.24, 2.45) is 0 Å². The highest BCUT2D eigenvalue weighted by molar-refractivity contribution is 5.89. The van der Waals surface area contributed by atoms with Gasteiger partial charge in [-0.15, -0.1) is 0 Å². The summed E-state index contributed by atoms with van der Waals surface area (Å²) in [6.45, 7) is 1.29. The predicted molar refractivity (Wildman–Crippen MR) is 103 cm³/mol. The second kappa shape index (κ2) is 6.37. The number of fused-ring (bicyclic) bond motifs is 2. The number of pyridine rings is 2. The molecule has 0 aliphatic rings. The van der Waals surface area contributed by atoms with Gasteiger partial charge in [0, 0.05) is 23.9 Å². The number of hydrogen-bond donors (Lipinski definition) is 3. The fourth-order valence-corrected chi connectivity index (χ4v) is 2.94. The zero-order chi connectivity index (χ0) is 17.2. The van der Waals surface area contributed by atoms with Crippen LogP contribution < -0.4 is 16.8 Å². The number of benzene rings is 2. The summed E-state index contributed by atoms with van der Waals surface area (Å²) in [4.78, 5) is 9.28. The number of nitrogens with one attached hydrogen (secondary N) is 1. The Morgan fingerprint density at radius 2 is 1.12 bits per heavy atom. The molecule has 5 nitrogen and oxygen atoms in total. The van der Waals surface area contributed by atoms with Gasteiger partial charge in [0.2, 0.25) is 0 Å². The second-order valence-corrected chi connectivity index (χ2v) is 6.05. The van der Waals surface area contributed by atoms with E-state index in [0.717, 1.165) is 33.2 Å². The SMILES string of the molecule is Nc1cccc2ccc(CNCc3ccc4cccc(N)c4n3)nc12. The standard InChI is InChI=1S/C20H19N5/c21-17-5-1-3-13-7-9-15(24-19(13)17)11-23-12-16-10-8-14-4-2-6-18(22)20(14)25-16/h1-10,23H,11-12,21-22H2. The predicted octanol–water partition coefficient (Wildman–Crippen LogP) is 3.24. The van der Waals surface area contributed by atoms with Crippen molar-refractivity contribution in [3.8, 4) is 0 Å². The number of nitrogens with two attached hydrogens (primary N) is 2. The summed E-state index contributed by atoms with van der Waals surface area (Å²) < 4.78 is 0. The Balaban J connectivity index is 1.49. The molecule has 0 aliphatic heterocycles. The van der Waals surface area contributed by atoms with Crippen LogP contribution in [0.25, 0.3) is 21.8 Å². The molecular weight excluding hydrogens is 310 g/mol. The normalized spacial score (nSPS) is 11.2. The van der Waals surface area contributed by atoms with Crippen LogP contribution in [0.3, 0.4) is 0 Å². The number of rotatable bonds is 4. The van der Waals surface area contributed by atoms with Crippen LogP contribution in [0.2, 0.25) is 0 Å². The van der Waals surface area contributed by atoms with Gasteiger partial charge >= 0.3 is 0 Å². The molecule has 5 heteroatoms. The molecule has 0 atom stereocenters. The van der Waals surface area contributed by atoms with Crippen LogP contribution in [-0.4, -0.2) is 9.97 Å². The molecule has 4 aromatic rings. The van der Waals surface area contributed by atoms with Gasteiger partial charge in [-0.3, -0.25) is 0 Å². The number of nitrogens with zero attached hydrogens (tertiary/aromatic N) is 2. The van der Waals surface area contributed by atoms with Gasteiger partial charge < -0.3 is 16.8 Å². The van der Waals surface area contributed by atoms with Crippen molar-refractivity contribution in [3.63, 3.8) is 0 Å². The molecule has 0 saturated heterocycles. The third-order valence-electron chi connectivity index (χ3n) is 4.23. The van der Waals surface area contributed by atoms with Gasteiger partial charge in [0.05, 0.1) is 33.8 Å². The molecule has 2 aromatic heterocycles. The molecule has 0 spiro atoms. The van der Waals surface area contributed by atoms with Gasteiger partial charge in [-0.2, -0.15) is 0 Å². The zero-order valence-corrected chi connectivity index (χ0v) is 13.7. The lowest BCUT2D eigenvalue weighted by atomic mass is 10.1. The highest BCUT2D eigenvalue weighted by Gasteiger charge is 2.04. The maximum atomic E-state index is 6.01. The highest BCUT2D eigenvalue weighted by atomic mass is 14.9. The molecule has 0 amide bonds. The molecular formula is C20H19N5. The lowest BCUT2D eigenvalue weighted by Gasteiger charge is -2.08. The van der Waals surface area contributed by atoms with Crippen molar-refractivity contribution in [1.82, 2.24) is 15.3 Å². The summed E-state index contributed by atoms with van der Waals surface area (Å²) in [5, 5.41) is 5.48. The van der Waals surface area contributed by atoms with E-state index in [1.54, 1.807) is 0 Å². The quantitative estimate of drug-likeness (QED) is 0.500. The lowest BCUT2D eigenvalue weighted by molar-refractivity contribution is 0.671. The van der Waals surface area contributed by atoms with E-state index in [0.29, 0.717) is 24.5 Å². The molecule has 0 unspecified atom stereocenters. The molecule has 2 aromatic carbocycles. The number of para-hydroxylation sites is 2. The van der Waals surface area contributed by atoms with Gasteiger partial charge in [0.25, 0.3) is 0 Å². The fraction of sp³-hybridized carbons (Fsp3) is 0.100. The maximum absolute atomic E-state index is 6.01. The van der Waals surface area contributed by atoms with Crippen molar-refractivity contribution in [3.05, 3.63) is 72.1 Å². The van der Waals surface area contributed by atoms with E-state index in [9.17, 15) is 0 Å². The average molecular weight is 329 g/mol. The third-order valence-corrected chi connectivity index (χ3v) is 4.23. The Kier molecular flexibility index (Phi) is 3.91. The third kappa shape index (κ3) is 3.09. The summed E-state index contributed by atoms with van der Waals surface area (Å²) in [6.07, 6.45) is 0. The number of hydrogen-bond acceptors (Lipinski definition) is 5. The van der Waals surface area contributed by atoms with Crippen molar-refractivity contribution in [2.45, 2.75) is 13.1 Å². The van der Waals surface area contributed by atoms with E-state index in [2.05, 4.69) is 15.3 Å². The molecule has 0 bridgehead atoms. The minimum Gasteiger partial charge on any atom is -0.397 e. The van der Waals surface area contributed by atoms with E-state index in [-0.39, 0.29) is 0 Å². The van der Waals surface area contributed by atoms with Crippen LogP contribution >= 0.6 is 0 Å². The Bertz CT molecular complexity index is 973. The van der Waals surface area contributed by atoms with Gasteiger partial charge in [-0.25, -0.2) is 9.97 Å². The van der Waals surface area contributed by atoms with Gasteiger partial charge in [0.15, 0.2) is 0 Å².